The Labute approximate surface area is 143 Å². The number of benzene rings is 1. The molecule has 128 valence electrons. The first-order valence-electron chi connectivity index (χ1n) is 7.56. The van der Waals surface area contributed by atoms with Crippen molar-refractivity contribution in [1.82, 2.24) is 4.98 Å². The van der Waals surface area contributed by atoms with E-state index in [0.29, 0.717) is 33.7 Å². The van der Waals surface area contributed by atoms with E-state index < -0.39 is 5.91 Å². The molecule has 0 saturated carbocycles. The van der Waals surface area contributed by atoms with E-state index in [1.807, 2.05) is 6.07 Å². The number of nitrogens with two attached hydrogens (primary N) is 1. The Bertz CT molecular complexity index is 1020. The van der Waals surface area contributed by atoms with Crippen LogP contribution in [-0.2, 0) is 6.61 Å². The van der Waals surface area contributed by atoms with Gasteiger partial charge in [0.2, 0.25) is 5.55 Å². The van der Waals surface area contributed by atoms with E-state index in [0.717, 1.165) is 0 Å². The van der Waals surface area contributed by atoms with Crippen LogP contribution in [0.3, 0.4) is 0 Å². The van der Waals surface area contributed by atoms with Crippen molar-refractivity contribution < 1.29 is 19.1 Å². The van der Waals surface area contributed by atoms with Crippen LogP contribution in [0.5, 0.6) is 5.75 Å². The van der Waals surface area contributed by atoms with Gasteiger partial charge in [-0.05, 0) is 25.1 Å². The SMILES string of the molecule is COc1ccccc1N=c1oc2c(C)ncc(CO)c2cc1C(N)=O. The molecule has 2 aromatic heterocycles. The third-order valence-corrected chi connectivity index (χ3v) is 3.79. The molecule has 0 bridgehead atoms. The van der Waals surface area contributed by atoms with Gasteiger partial charge in [-0.3, -0.25) is 9.78 Å². The van der Waals surface area contributed by atoms with Crippen molar-refractivity contribution in [1.29, 1.82) is 0 Å². The first kappa shape index (κ1) is 16.7. The highest BCUT2D eigenvalue weighted by Gasteiger charge is 2.14. The number of para-hydroxylation sites is 2. The van der Waals surface area contributed by atoms with Gasteiger partial charge < -0.3 is 20.0 Å². The zero-order valence-electron chi connectivity index (χ0n) is 13.8. The molecule has 3 aromatic rings. The molecule has 25 heavy (non-hydrogen) atoms. The molecule has 0 saturated heterocycles. The fourth-order valence-corrected chi connectivity index (χ4v) is 2.51. The number of primary amides is 1. The summed E-state index contributed by atoms with van der Waals surface area (Å²) in [7, 11) is 1.53. The number of aliphatic hydroxyl groups is 1. The highest BCUT2D eigenvalue weighted by molar-refractivity contribution is 5.96. The zero-order valence-corrected chi connectivity index (χ0v) is 13.8. The van der Waals surface area contributed by atoms with Crippen LogP contribution in [0.4, 0.5) is 5.69 Å². The largest absolute Gasteiger partial charge is 0.494 e. The number of carbonyl (C=O) groups excluding carboxylic acids is 1. The lowest BCUT2D eigenvalue weighted by Gasteiger charge is -2.08. The molecule has 0 fully saturated rings. The standard InChI is InChI=1S/C18H17N3O4/c1-10-16-12(11(9-22)8-20-10)7-13(17(19)23)18(25-16)21-14-5-3-4-6-15(14)24-2/h3-8,22H,9H2,1-2H3,(H2,19,23). The fraction of sp³-hybridized carbons (Fsp3) is 0.167. The Morgan fingerprint density at radius 2 is 2.16 bits per heavy atom. The van der Waals surface area contributed by atoms with E-state index in [1.165, 1.54) is 13.3 Å². The second-order valence-corrected chi connectivity index (χ2v) is 5.38. The number of hydrogen-bond donors (Lipinski definition) is 2. The average Bonchev–Trinajstić information content (AvgIpc) is 2.62. The van der Waals surface area contributed by atoms with Crippen molar-refractivity contribution in [2.24, 2.45) is 10.7 Å². The molecular formula is C18H17N3O4. The van der Waals surface area contributed by atoms with Crippen LogP contribution in [0.2, 0.25) is 0 Å². The number of aryl methyl sites for hydroxylation is 1. The number of nitrogens with zero attached hydrogens (tertiary/aromatic N) is 2. The van der Waals surface area contributed by atoms with Crippen LogP contribution in [0.25, 0.3) is 11.0 Å². The van der Waals surface area contributed by atoms with E-state index >= 15 is 0 Å². The Kier molecular flexibility index (Phi) is 4.49. The molecule has 0 unspecified atom stereocenters. The summed E-state index contributed by atoms with van der Waals surface area (Å²) in [5, 5.41) is 10.1. The third-order valence-electron chi connectivity index (χ3n) is 3.79. The number of aromatic nitrogens is 1. The molecule has 0 aliphatic rings. The van der Waals surface area contributed by atoms with E-state index in [-0.39, 0.29) is 17.7 Å². The van der Waals surface area contributed by atoms with Crippen molar-refractivity contribution in [2.75, 3.05) is 7.11 Å². The average molecular weight is 339 g/mol. The number of rotatable bonds is 4. The van der Waals surface area contributed by atoms with Crippen molar-refractivity contribution in [2.45, 2.75) is 13.5 Å². The quantitative estimate of drug-likeness (QED) is 0.755. The Hall–Kier alpha value is -3.19. The minimum atomic E-state index is -0.683. The Balaban J connectivity index is 2.38. The van der Waals surface area contributed by atoms with Crippen LogP contribution in [-0.4, -0.2) is 23.1 Å². The summed E-state index contributed by atoms with van der Waals surface area (Å²) < 4.78 is 11.1. The summed E-state index contributed by atoms with van der Waals surface area (Å²) in [5.41, 5.74) is 7.74. The normalized spacial score (nSPS) is 11.7. The van der Waals surface area contributed by atoms with Gasteiger partial charge in [-0.2, -0.15) is 0 Å². The summed E-state index contributed by atoms with van der Waals surface area (Å²) in [6, 6.07) is 8.66. The predicted octanol–water partition coefficient (Wildman–Crippen LogP) is 1.97. The summed E-state index contributed by atoms with van der Waals surface area (Å²) in [6.45, 7) is 1.53. The van der Waals surface area contributed by atoms with Crippen LogP contribution in [0.1, 0.15) is 21.6 Å². The lowest BCUT2D eigenvalue weighted by molar-refractivity contribution is 0.0996. The lowest BCUT2D eigenvalue weighted by Crippen LogP contribution is -2.22. The molecule has 7 heteroatoms. The number of fused-ring (bicyclic) bond motifs is 1. The van der Waals surface area contributed by atoms with E-state index in [4.69, 9.17) is 14.9 Å². The van der Waals surface area contributed by atoms with Gasteiger partial charge in [-0.25, -0.2) is 4.99 Å². The molecule has 0 spiro atoms. The Morgan fingerprint density at radius 1 is 1.40 bits per heavy atom. The summed E-state index contributed by atoms with van der Waals surface area (Å²) >= 11 is 0. The molecule has 3 N–H and O–H groups in total. The minimum Gasteiger partial charge on any atom is -0.494 e. The van der Waals surface area contributed by atoms with Crippen molar-refractivity contribution in [3.8, 4) is 5.75 Å². The number of methoxy groups -OCH3 is 1. The molecule has 0 radical (unpaired) electrons. The van der Waals surface area contributed by atoms with E-state index in [9.17, 15) is 9.90 Å². The monoisotopic (exact) mass is 339 g/mol. The van der Waals surface area contributed by atoms with Gasteiger partial charge in [0.15, 0.2) is 5.58 Å². The molecular weight excluding hydrogens is 322 g/mol. The second-order valence-electron chi connectivity index (χ2n) is 5.38. The first-order valence-corrected chi connectivity index (χ1v) is 7.56. The van der Waals surface area contributed by atoms with Gasteiger partial charge >= 0.3 is 0 Å². The van der Waals surface area contributed by atoms with Gasteiger partial charge in [0.05, 0.1) is 19.4 Å². The molecule has 1 aromatic carbocycles. The highest BCUT2D eigenvalue weighted by Crippen LogP contribution is 2.26. The van der Waals surface area contributed by atoms with Gasteiger partial charge in [-0.15, -0.1) is 0 Å². The zero-order chi connectivity index (χ0) is 18.0. The number of amides is 1. The van der Waals surface area contributed by atoms with Crippen LogP contribution >= 0.6 is 0 Å². The number of ether oxygens (including phenoxy) is 1. The third kappa shape index (κ3) is 3.09. The maximum atomic E-state index is 11.9. The fourth-order valence-electron chi connectivity index (χ4n) is 2.51. The molecule has 2 heterocycles. The van der Waals surface area contributed by atoms with Crippen molar-refractivity contribution in [3.05, 3.63) is 58.9 Å². The Morgan fingerprint density at radius 3 is 2.84 bits per heavy atom. The summed E-state index contributed by atoms with van der Waals surface area (Å²) in [4.78, 5) is 20.5. The summed E-state index contributed by atoms with van der Waals surface area (Å²) in [6.07, 6.45) is 1.54. The number of hydrogen-bond acceptors (Lipinski definition) is 6. The molecule has 0 atom stereocenters. The number of carbonyl (C=O) groups is 1. The topological polar surface area (TPSA) is 111 Å². The van der Waals surface area contributed by atoms with E-state index in [2.05, 4.69) is 9.98 Å². The van der Waals surface area contributed by atoms with E-state index in [1.54, 1.807) is 31.2 Å². The van der Waals surface area contributed by atoms with Gasteiger partial charge in [0.25, 0.3) is 5.91 Å². The van der Waals surface area contributed by atoms with Crippen LogP contribution in [0, 0.1) is 6.92 Å². The molecule has 0 aliphatic heterocycles. The van der Waals surface area contributed by atoms with Gasteiger partial charge in [0, 0.05) is 17.1 Å². The first-order chi connectivity index (χ1) is 12.0. The molecule has 7 nitrogen and oxygen atoms in total. The summed E-state index contributed by atoms with van der Waals surface area (Å²) in [5.74, 6) is -0.148. The maximum Gasteiger partial charge on any atom is 0.254 e. The number of pyridine rings is 1. The van der Waals surface area contributed by atoms with Crippen LogP contribution < -0.4 is 16.0 Å². The van der Waals surface area contributed by atoms with Crippen LogP contribution in [0.15, 0.2) is 45.9 Å². The second kappa shape index (κ2) is 6.74. The van der Waals surface area contributed by atoms with Gasteiger partial charge in [-0.1, -0.05) is 12.1 Å². The smallest absolute Gasteiger partial charge is 0.254 e. The van der Waals surface area contributed by atoms with Crippen molar-refractivity contribution >= 4 is 22.6 Å². The van der Waals surface area contributed by atoms with Gasteiger partial charge in [0.1, 0.15) is 17.0 Å². The maximum absolute atomic E-state index is 11.9. The van der Waals surface area contributed by atoms with Crippen molar-refractivity contribution in [3.63, 3.8) is 0 Å². The molecule has 3 rings (SSSR count). The molecule has 1 amide bonds. The highest BCUT2D eigenvalue weighted by atomic mass is 16.5. The number of aliphatic hydroxyl groups excluding tert-OH is 1. The molecule has 0 aliphatic carbocycles. The lowest BCUT2D eigenvalue weighted by atomic mass is 10.1. The predicted molar refractivity (Wildman–Crippen MR) is 91.4 cm³/mol. The minimum absolute atomic E-state index is 0.0597.